The summed E-state index contributed by atoms with van der Waals surface area (Å²) in [5, 5.41) is 14.3. The maximum atomic E-state index is 11.6. The van der Waals surface area contributed by atoms with Crippen molar-refractivity contribution in [1.82, 2.24) is 9.78 Å². The predicted octanol–water partition coefficient (Wildman–Crippen LogP) is 1.01. The minimum atomic E-state index is -0.602. The lowest BCUT2D eigenvalue weighted by Gasteiger charge is -2.00. The first-order valence-corrected chi connectivity index (χ1v) is 5.79. The molecular formula is C11H15N3O5. The molecule has 1 rings (SSSR count). The highest BCUT2D eigenvalue weighted by Crippen LogP contribution is 2.13. The molecule has 0 bridgehead atoms. The molecule has 0 aliphatic heterocycles. The van der Waals surface area contributed by atoms with Crippen LogP contribution in [0.25, 0.3) is 0 Å². The molecular weight excluding hydrogens is 254 g/mol. The second-order valence-electron chi connectivity index (χ2n) is 3.93. The number of hydrogen-bond acceptors (Lipinski definition) is 6. The Hall–Kier alpha value is -2.25. The van der Waals surface area contributed by atoms with Crippen LogP contribution < -0.4 is 0 Å². The Morgan fingerprint density at radius 2 is 2.16 bits per heavy atom. The molecule has 0 fully saturated rings. The number of Topliss-reactive ketones (excluding diaryl/α,β-unsaturated/α-hetero) is 1. The number of carbonyl (C=O) groups is 2. The van der Waals surface area contributed by atoms with Crippen molar-refractivity contribution in [3.8, 4) is 0 Å². The first-order valence-electron chi connectivity index (χ1n) is 5.79. The summed E-state index contributed by atoms with van der Waals surface area (Å²) in [6, 6.07) is 0. The topological polar surface area (TPSA) is 104 Å². The van der Waals surface area contributed by atoms with Gasteiger partial charge in [0.1, 0.15) is 6.54 Å². The van der Waals surface area contributed by atoms with Crippen molar-refractivity contribution < 1.29 is 19.2 Å². The summed E-state index contributed by atoms with van der Waals surface area (Å²) in [5.74, 6) is -0.929. The number of nitro groups is 1. The van der Waals surface area contributed by atoms with Crippen LogP contribution >= 0.6 is 0 Å². The first kappa shape index (κ1) is 14.8. The standard InChI is InChI=1S/C11H15N3O5/c1-3-19-10(16)5-4-9(15)7-13-6-8(2)11(12-13)14(17)18/h6H,3-5,7H2,1-2H3. The van der Waals surface area contributed by atoms with Crippen LogP contribution in [0.3, 0.4) is 0 Å². The Morgan fingerprint density at radius 3 is 2.68 bits per heavy atom. The van der Waals surface area contributed by atoms with Crippen molar-refractivity contribution in [2.75, 3.05) is 6.61 Å². The Balaban J connectivity index is 2.51. The lowest BCUT2D eigenvalue weighted by molar-refractivity contribution is -0.390. The summed E-state index contributed by atoms with van der Waals surface area (Å²) in [6.07, 6.45) is 1.47. The van der Waals surface area contributed by atoms with E-state index < -0.39 is 10.9 Å². The molecule has 1 aromatic rings. The van der Waals surface area contributed by atoms with Crippen LogP contribution in [0.2, 0.25) is 0 Å². The second-order valence-corrected chi connectivity index (χ2v) is 3.93. The number of hydrogen-bond donors (Lipinski definition) is 0. The van der Waals surface area contributed by atoms with E-state index in [0.29, 0.717) is 5.56 Å². The minimum Gasteiger partial charge on any atom is -0.466 e. The van der Waals surface area contributed by atoms with Crippen molar-refractivity contribution in [3.63, 3.8) is 0 Å². The quantitative estimate of drug-likeness (QED) is 0.415. The van der Waals surface area contributed by atoms with Crippen LogP contribution in [0.4, 0.5) is 5.82 Å². The SMILES string of the molecule is CCOC(=O)CCC(=O)Cn1cc(C)c([N+](=O)[O-])n1. The number of ketones is 1. The van der Waals surface area contributed by atoms with Gasteiger partial charge in [-0.25, -0.2) is 0 Å². The lowest BCUT2D eigenvalue weighted by Crippen LogP contribution is -2.13. The molecule has 8 heteroatoms. The largest absolute Gasteiger partial charge is 0.466 e. The van der Waals surface area contributed by atoms with Gasteiger partial charge < -0.3 is 14.9 Å². The zero-order chi connectivity index (χ0) is 14.4. The van der Waals surface area contributed by atoms with E-state index in [1.807, 2.05) is 0 Å². The Labute approximate surface area is 109 Å². The maximum absolute atomic E-state index is 11.6. The molecule has 0 saturated carbocycles. The molecule has 19 heavy (non-hydrogen) atoms. The van der Waals surface area contributed by atoms with Crippen LogP contribution in [0.5, 0.6) is 0 Å². The smallest absolute Gasteiger partial charge is 0.392 e. The second kappa shape index (κ2) is 6.62. The molecule has 1 heterocycles. The Bertz CT molecular complexity index is 495. The summed E-state index contributed by atoms with van der Waals surface area (Å²) < 4.78 is 5.90. The molecule has 0 aliphatic rings. The summed E-state index contributed by atoms with van der Waals surface area (Å²) >= 11 is 0. The van der Waals surface area contributed by atoms with E-state index >= 15 is 0 Å². The molecule has 0 aromatic carbocycles. The van der Waals surface area contributed by atoms with Crippen molar-refractivity contribution in [2.45, 2.75) is 33.2 Å². The normalized spacial score (nSPS) is 10.2. The highest BCUT2D eigenvalue weighted by atomic mass is 16.6. The van der Waals surface area contributed by atoms with Gasteiger partial charge in [0.25, 0.3) is 0 Å². The van der Waals surface area contributed by atoms with E-state index in [-0.39, 0.29) is 37.6 Å². The van der Waals surface area contributed by atoms with Gasteiger partial charge in [-0.3, -0.25) is 9.59 Å². The third-order valence-corrected chi connectivity index (χ3v) is 2.34. The van der Waals surface area contributed by atoms with Gasteiger partial charge >= 0.3 is 11.8 Å². The van der Waals surface area contributed by atoms with E-state index in [9.17, 15) is 19.7 Å². The molecule has 0 spiro atoms. The molecule has 1 aromatic heterocycles. The summed E-state index contributed by atoms with van der Waals surface area (Å²) in [6.45, 7) is 3.42. The van der Waals surface area contributed by atoms with Gasteiger partial charge in [-0.05, 0) is 18.8 Å². The van der Waals surface area contributed by atoms with Crippen LogP contribution in [-0.2, 0) is 20.9 Å². The highest BCUT2D eigenvalue weighted by Gasteiger charge is 2.18. The third kappa shape index (κ3) is 4.49. The van der Waals surface area contributed by atoms with Gasteiger partial charge in [0, 0.05) is 6.42 Å². The molecule has 0 amide bonds. The molecule has 0 atom stereocenters. The monoisotopic (exact) mass is 269 g/mol. The Morgan fingerprint density at radius 1 is 1.47 bits per heavy atom. The summed E-state index contributed by atoms with van der Waals surface area (Å²) in [7, 11) is 0. The fraction of sp³-hybridized carbons (Fsp3) is 0.545. The van der Waals surface area contributed by atoms with Crippen molar-refractivity contribution in [1.29, 1.82) is 0 Å². The molecule has 0 radical (unpaired) electrons. The average Bonchev–Trinajstić information content (AvgIpc) is 2.68. The van der Waals surface area contributed by atoms with Crippen LogP contribution in [0.1, 0.15) is 25.3 Å². The van der Waals surface area contributed by atoms with Gasteiger partial charge in [-0.15, -0.1) is 0 Å². The van der Waals surface area contributed by atoms with Crippen molar-refractivity contribution >= 4 is 17.6 Å². The van der Waals surface area contributed by atoms with Gasteiger partial charge in [0.2, 0.25) is 0 Å². The number of nitrogens with zero attached hydrogens (tertiary/aromatic N) is 3. The van der Waals surface area contributed by atoms with Gasteiger partial charge in [-0.2, -0.15) is 4.68 Å². The molecule has 0 aliphatic carbocycles. The zero-order valence-corrected chi connectivity index (χ0v) is 10.8. The van der Waals surface area contributed by atoms with E-state index in [0.717, 1.165) is 0 Å². The van der Waals surface area contributed by atoms with E-state index in [4.69, 9.17) is 4.74 Å². The fourth-order valence-corrected chi connectivity index (χ4v) is 1.51. The highest BCUT2D eigenvalue weighted by molar-refractivity contribution is 5.82. The van der Waals surface area contributed by atoms with E-state index in [2.05, 4.69) is 5.10 Å². The molecule has 0 unspecified atom stereocenters. The number of ether oxygens (including phenoxy) is 1. The van der Waals surface area contributed by atoms with E-state index in [1.54, 1.807) is 13.8 Å². The van der Waals surface area contributed by atoms with Crippen LogP contribution in [0.15, 0.2) is 6.20 Å². The first-order chi connectivity index (χ1) is 8.93. The average molecular weight is 269 g/mol. The van der Waals surface area contributed by atoms with Crippen molar-refractivity contribution in [3.05, 3.63) is 21.9 Å². The predicted molar refractivity (Wildman–Crippen MR) is 64.5 cm³/mol. The van der Waals surface area contributed by atoms with E-state index in [1.165, 1.54) is 10.9 Å². The summed E-state index contributed by atoms with van der Waals surface area (Å²) in [4.78, 5) is 32.6. The molecule has 104 valence electrons. The van der Waals surface area contributed by atoms with Gasteiger partial charge in [0.05, 0.1) is 29.9 Å². The van der Waals surface area contributed by atoms with Crippen LogP contribution in [-0.4, -0.2) is 33.1 Å². The van der Waals surface area contributed by atoms with Crippen LogP contribution in [0, 0.1) is 17.0 Å². The molecule has 0 saturated heterocycles. The number of rotatable bonds is 7. The molecule has 8 nitrogen and oxygen atoms in total. The number of esters is 1. The third-order valence-electron chi connectivity index (χ3n) is 2.34. The number of aromatic nitrogens is 2. The maximum Gasteiger partial charge on any atom is 0.392 e. The number of carbonyl (C=O) groups excluding carboxylic acids is 2. The van der Waals surface area contributed by atoms with Crippen molar-refractivity contribution in [2.24, 2.45) is 0 Å². The minimum absolute atomic E-state index is 0.00895. The van der Waals surface area contributed by atoms with Gasteiger partial charge in [-0.1, -0.05) is 0 Å². The van der Waals surface area contributed by atoms with Gasteiger partial charge in [0.15, 0.2) is 5.78 Å². The number of aryl methyl sites for hydroxylation is 1. The lowest BCUT2D eigenvalue weighted by atomic mass is 10.2. The summed E-state index contributed by atoms with van der Waals surface area (Å²) in [5.41, 5.74) is 0.392. The Kier molecular flexibility index (Phi) is 5.16. The fourth-order valence-electron chi connectivity index (χ4n) is 1.51. The zero-order valence-electron chi connectivity index (χ0n) is 10.8. The molecule has 0 N–H and O–H groups in total.